The zero-order valence-electron chi connectivity index (χ0n) is 17.0. The van der Waals surface area contributed by atoms with Gasteiger partial charge in [0.1, 0.15) is 0 Å². The Bertz CT molecular complexity index is 1000. The van der Waals surface area contributed by atoms with E-state index >= 15 is 0 Å². The van der Waals surface area contributed by atoms with Crippen molar-refractivity contribution >= 4 is 16.6 Å². The van der Waals surface area contributed by atoms with Gasteiger partial charge in [-0.1, -0.05) is 68.4 Å². The van der Waals surface area contributed by atoms with Gasteiger partial charge in [0.15, 0.2) is 5.78 Å². The molecular formula is C26H29NO. The van der Waals surface area contributed by atoms with Crippen molar-refractivity contribution in [1.82, 2.24) is 4.90 Å². The molecule has 0 atom stereocenters. The summed E-state index contributed by atoms with van der Waals surface area (Å²) in [6, 6.07) is 18.9. The Morgan fingerprint density at radius 2 is 1.64 bits per heavy atom. The zero-order chi connectivity index (χ0) is 19.5. The van der Waals surface area contributed by atoms with Crippen LogP contribution in [-0.2, 0) is 12.8 Å². The van der Waals surface area contributed by atoms with E-state index in [1.165, 1.54) is 30.3 Å². The Hall–Kier alpha value is -2.45. The molecular weight excluding hydrogens is 342 g/mol. The van der Waals surface area contributed by atoms with Crippen LogP contribution in [0.1, 0.15) is 59.3 Å². The maximum absolute atomic E-state index is 13.2. The molecule has 4 rings (SSSR count). The van der Waals surface area contributed by atoms with Crippen molar-refractivity contribution in [1.29, 1.82) is 0 Å². The summed E-state index contributed by atoms with van der Waals surface area (Å²) in [4.78, 5) is 15.7. The smallest absolute Gasteiger partial charge is 0.194 e. The summed E-state index contributed by atoms with van der Waals surface area (Å²) in [7, 11) is 0. The number of hydrogen-bond acceptors (Lipinski definition) is 2. The lowest BCUT2D eigenvalue weighted by atomic mass is 9.82. The Balaban J connectivity index is 1.61. The molecule has 0 amide bonds. The molecule has 0 spiro atoms. The van der Waals surface area contributed by atoms with E-state index in [4.69, 9.17) is 0 Å². The fraction of sp³-hybridized carbons (Fsp3) is 0.346. The van der Waals surface area contributed by atoms with Gasteiger partial charge in [0.25, 0.3) is 0 Å². The zero-order valence-corrected chi connectivity index (χ0v) is 17.0. The van der Waals surface area contributed by atoms with Crippen molar-refractivity contribution < 1.29 is 4.79 Å². The number of hydrogen-bond donors (Lipinski definition) is 0. The van der Waals surface area contributed by atoms with E-state index in [0.29, 0.717) is 0 Å². The fourth-order valence-corrected chi connectivity index (χ4v) is 4.53. The van der Waals surface area contributed by atoms with E-state index in [9.17, 15) is 4.79 Å². The van der Waals surface area contributed by atoms with E-state index in [2.05, 4.69) is 55.1 Å². The molecule has 2 heteroatoms. The van der Waals surface area contributed by atoms with Gasteiger partial charge in [0.2, 0.25) is 0 Å². The van der Waals surface area contributed by atoms with E-state index < -0.39 is 0 Å². The topological polar surface area (TPSA) is 20.3 Å². The number of carbonyl (C=O) groups is 1. The van der Waals surface area contributed by atoms with Gasteiger partial charge in [-0.25, -0.2) is 0 Å². The Morgan fingerprint density at radius 3 is 2.46 bits per heavy atom. The fourth-order valence-electron chi connectivity index (χ4n) is 4.53. The number of aryl methyl sites for hydroxylation is 1. The molecule has 0 aromatic heterocycles. The third-order valence-electron chi connectivity index (χ3n) is 6.17. The van der Waals surface area contributed by atoms with Crippen LogP contribution in [0.2, 0.25) is 0 Å². The average molecular weight is 372 g/mol. The van der Waals surface area contributed by atoms with Crippen LogP contribution in [-0.4, -0.2) is 30.3 Å². The normalized spacial score (nSPS) is 13.0. The van der Waals surface area contributed by atoms with Crippen LogP contribution in [0.3, 0.4) is 0 Å². The highest BCUT2D eigenvalue weighted by atomic mass is 16.1. The molecule has 144 valence electrons. The number of unbranched alkanes of at least 4 members (excludes halogenated alkanes) is 1. The molecule has 0 saturated carbocycles. The molecule has 0 heterocycles. The lowest BCUT2D eigenvalue weighted by molar-refractivity contribution is 0.103. The Labute approximate surface area is 168 Å². The molecule has 28 heavy (non-hydrogen) atoms. The highest BCUT2D eigenvalue weighted by Gasteiger charge is 2.25. The first-order valence-electron chi connectivity index (χ1n) is 10.6. The van der Waals surface area contributed by atoms with E-state index in [-0.39, 0.29) is 5.78 Å². The second kappa shape index (κ2) is 8.28. The number of nitrogens with zero attached hydrogens (tertiary/aromatic N) is 1. The largest absolute Gasteiger partial charge is 0.304 e. The van der Waals surface area contributed by atoms with Gasteiger partial charge in [0, 0.05) is 11.1 Å². The van der Waals surface area contributed by atoms with Crippen molar-refractivity contribution in [2.24, 2.45) is 0 Å². The number of ketones is 1. The summed E-state index contributed by atoms with van der Waals surface area (Å²) in [5, 5.41) is 2.37. The molecule has 1 aliphatic rings. The van der Waals surface area contributed by atoms with Gasteiger partial charge in [-0.2, -0.15) is 0 Å². The first-order chi connectivity index (χ1) is 13.7. The summed E-state index contributed by atoms with van der Waals surface area (Å²) >= 11 is 0. The van der Waals surface area contributed by atoms with Crippen molar-refractivity contribution in [2.45, 2.75) is 39.5 Å². The molecule has 0 aliphatic heterocycles. The van der Waals surface area contributed by atoms with Crippen LogP contribution in [0.15, 0.2) is 54.6 Å². The van der Waals surface area contributed by atoms with Crippen molar-refractivity contribution in [2.75, 3.05) is 19.6 Å². The first kappa shape index (κ1) is 18.9. The Kier molecular flexibility index (Phi) is 5.59. The third kappa shape index (κ3) is 3.49. The molecule has 0 fully saturated rings. The summed E-state index contributed by atoms with van der Waals surface area (Å²) in [5.41, 5.74) is 5.46. The lowest BCUT2D eigenvalue weighted by Gasteiger charge is -2.21. The summed E-state index contributed by atoms with van der Waals surface area (Å²) < 4.78 is 0. The quantitative estimate of drug-likeness (QED) is 0.392. The maximum Gasteiger partial charge on any atom is 0.194 e. The molecule has 0 saturated heterocycles. The van der Waals surface area contributed by atoms with Crippen LogP contribution in [0.25, 0.3) is 10.8 Å². The van der Waals surface area contributed by atoms with Gasteiger partial charge in [-0.15, -0.1) is 0 Å². The highest BCUT2D eigenvalue weighted by molar-refractivity contribution is 6.19. The molecule has 2 nitrogen and oxygen atoms in total. The second-order valence-corrected chi connectivity index (χ2v) is 7.76. The van der Waals surface area contributed by atoms with Crippen LogP contribution in [0.4, 0.5) is 0 Å². The molecule has 1 aliphatic carbocycles. The molecule has 0 N–H and O–H groups in total. The van der Waals surface area contributed by atoms with Gasteiger partial charge >= 0.3 is 0 Å². The predicted octanol–water partition coefficient (Wildman–Crippen LogP) is 5.64. The number of fused-ring (bicyclic) bond motifs is 4. The van der Waals surface area contributed by atoms with Gasteiger partial charge < -0.3 is 4.90 Å². The third-order valence-corrected chi connectivity index (χ3v) is 6.17. The second-order valence-electron chi connectivity index (χ2n) is 7.76. The Morgan fingerprint density at radius 1 is 0.821 bits per heavy atom. The molecule has 3 aromatic carbocycles. The van der Waals surface area contributed by atoms with E-state index in [1.807, 2.05) is 18.2 Å². The van der Waals surface area contributed by atoms with Crippen molar-refractivity contribution in [3.05, 3.63) is 82.4 Å². The van der Waals surface area contributed by atoms with Crippen molar-refractivity contribution in [3.63, 3.8) is 0 Å². The van der Waals surface area contributed by atoms with Crippen molar-refractivity contribution in [3.8, 4) is 0 Å². The van der Waals surface area contributed by atoms with Crippen LogP contribution >= 0.6 is 0 Å². The minimum Gasteiger partial charge on any atom is -0.304 e. The average Bonchev–Trinajstić information content (AvgIpc) is 2.73. The number of rotatable bonds is 7. The number of carbonyl (C=O) groups excluding carboxylic acids is 1. The highest BCUT2D eigenvalue weighted by Crippen LogP contribution is 2.34. The van der Waals surface area contributed by atoms with E-state index in [0.717, 1.165) is 53.6 Å². The molecule has 0 unspecified atom stereocenters. The van der Waals surface area contributed by atoms with Crippen LogP contribution in [0, 0.1) is 0 Å². The van der Waals surface area contributed by atoms with Crippen LogP contribution < -0.4 is 0 Å². The SMILES string of the molecule is CCN(CC)CCCCc1cccc2c3c(ccc12)Cc1ccccc1C3=O. The minimum absolute atomic E-state index is 0.182. The summed E-state index contributed by atoms with van der Waals surface area (Å²) in [6.07, 6.45) is 4.32. The molecule has 3 aromatic rings. The lowest BCUT2D eigenvalue weighted by Crippen LogP contribution is -2.23. The maximum atomic E-state index is 13.2. The molecule has 0 bridgehead atoms. The van der Waals surface area contributed by atoms with Gasteiger partial charge in [-0.3, -0.25) is 4.79 Å². The van der Waals surface area contributed by atoms with Gasteiger partial charge in [0.05, 0.1) is 0 Å². The molecule has 0 radical (unpaired) electrons. The summed E-state index contributed by atoms with van der Waals surface area (Å²) in [5.74, 6) is 0.182. The minimum atomic E-state index is 0.182. The number of benzene rings is 3. The van der Waals surface area contributed by atoms with E-state index in [1.54, 1.807) is 0 Å². The van der Waals surface area contributed by atoms with Crippen LogP contribution in [0.5, 0.6) is 0 Å². The van der Waals surface area contributed by atoms with Gasteiger partial charge in [-0.05, 0) is 72.8 Å². The standard InChI is InChI=1S/C26H29NO/c1-3-27(4-2)17-8-7-10-19-12-9-14-24-22(19)16-15-21-18-20-11-5-6-13-23(20)26(28)25(21)24/h5-6,9,11-16H,3-4,7-8,10,17-18H2,1-2H3. The first-order valence-corrected chi connectivity index (χ1v) is 10.6. The summed E-state index contributed by atoms with van der Waals surface area (Å²) in [6.45, 7) is 7.88. The monoisotopic (exact) mass is 371 g/mol. The predicted molar refractivity (Wildman–Crippen MR) is 117 cm³/mol.